The fourth-order valence-corrected chi connectivity index (χ4v) is 2.08. The van der Waals surface area contributed by atoms with Gasteiger partial charge in [-0.2, -0.15) is 0 Å². The third kappa shape index (κ3) is 4.36. The Morgan fingerprint density at radius 1 is 1.33 bits per heavy atom. The highest BCUT2D eigenvalue weighted by molar-refractivity contribution is 9.10. The van der Waals surface area contributed by atoms with Gasteiger partial charge in [-0.3, -0.25) is 4.79 Å². The molecule has 1 N–H and O–H groups in total. The number of para-hydroxylation sites is 1. The Kier molecular flexibility index (Phi) is 5.44. The zero-order chi connectivity index (χ0) is 15.2. The first-order chi connectivity index (χ1) is 10.1. The van der Waals surface area contributed by atoms with Gasteiger partial charge in [0, 0.05) is 6.04 Å². The van der Waals surface area contributed by atoms with E-state index in [9.17, 15) is 4.79 Å². The molecule has 1 unspecified atom stereocenters. The molecule has 1 aromatic heterocycles. The summed E-state index contributed by atoms with van der Waals surface area (Å²) in [5.74, 6) is 1.46. The van der Waals surface area contributed by atoms with Crippen molar-refractivity contribution in [3.63, 3.8) is 0 Å². The number of nitrogens with one attached hydrogen (secondary N) is 1. The first kappa shape index (κ1) is 15.6. The normalized spacial score (nSPS) is 12.0. The van der Waals surface area contributed by atoms with E-state index in [0.717, 1.165) is 16.6 Å². The SMILES string of the molecule is CCC(C)NC(=O)c1ccc(COc2ccccc2Br)o1. The number of rotatable bonds is 6. The van der Waals surface area contributed by atoms with Gasteiger partial charge in [-0.05, 0) is 53.5 Å². The second kappa shape index (κ2) is 7.31. The highest BCUT2D eigenvalue weighted by Gasteiger charge is 2.13. The van der Waals surface area contributed by atoms with E-state index in [1.54, 1.807) is 12.1 Å². The Balaban J connectivity index is 1.94. The van der Waals surface area contributed by atoms with Crippen molar-refractivity contribution in [2.24, 2.45) is 0 Å². The maximum Gasteiger partial charge on any atom is 0.287 e. The van der Waals surface area contributed by atoms with Gasteiger partial charge >= 0.3 is 0 Å². The van der Waals surface area contributed by atoms with E-state index >= 15 is 0 Å². The van der Waals surface area contributed by atoms with Crippen molar-refractivity contribution in [2.75, 3.05) is 0 Å². The average Bonchev–Trinajstić information content (AvgIpc) is 2.95. The molecular weight excluding hydrogens is 334 g/mol. The van der Waals surface area contributed by atoms with Crippen LogP contribution in [0.2, 0.25) is 0 Å². The predicted octanol–water partition coefficient (Wildman–Crippen LogP) is 4.15. The Hall–Kier alpha value is -1.75. The molecule has 2 aromatic rings. The van der Waals surface area contributed by atoms with Gasteiger partial charge < -0.3 is 14.5 Å². The van der Waals surface area contributed by atoms with Gasteiger partial charge in [-0.1, -0.05) is 19.1 Å². The minimum absolute atomic E-state index is 0.127. The topological polar surface area (TPSA) is 51.5 Å². The molecule has 2 rings (SSSR count). The first-order valence-corrected chi connectivity index (χ1v) is 7.66. The van der Waals surface area contributed by atoms with Crippen LogP contribution in [0.25, 0.3) is 0 Å². The number of hydrogen-bond donors (Lipinski definition) is 1. The Labute approximate surface area is 132 Å². The van der Waals surface area contributed by atoms with Crippen LogP contribution >= 0.6 is 15.9 Å². The summed E-state index contributed by atoms with van der Waals surface area (Å²) in [7, 11) is 0. The Morgan fingerprint density at radius 3 is 2.81 bits per heavy atom. The van der Waals surface area contributed by atoms with Crippen LogP contribution in [0, 0.1) is 0 Å². The van der Waals surface area contributed by atoms with E-state index in [4.69, 9.17) is 9.15 Å². The Bertz CT molecular complexity index is 609. The molecule has 1 heterocycles. The lowest BCUT2D eigenvalue weighted by atomic mass is 10.2. The van der Waals surface area contributed by atoms with Gasteiger partial charge in [0.2, 0.25) is 0 Å². The average molecular weight is 352 g/mol. The summed E-state index contributed by atoms with van der Waals surface area (Å²) in [5, 5.41) is 2.86. The van der Waals surface area contributed by atoms with Crippen LogP contribution in [-0.4, -0.2) is 11.9 Å². The van der Waals surface area contributed by atoms with E-state index in [0.29, 0.717) is 11.5 Å². The van der Waals surface area contributed by atoms with Crippen molar-refractivity contribution in [2.45, 2.75) is 32.9 Å². The molecule has 0 saturated heterocycles. The molecule has 0 aliphatic carbocycles. The summed E-state index contributed by atoms with van der Waals surface area (Å²) in [6, 6.07) is 11.1. The van der Waals surface area contributed by atoms with Crippen LogP contribution in [0.3, 0.4) is 0 Å². The molecule has 0 saturated carbocycles. The fourth-order valence-electron chi connectivity index (χ4n) is 1.69. The molecule has 0 bridgehead atoms. The minimum Gasteiger partial charge on any atom is -0.484 e. The number of carbonyl (C=O) groups is 1. The van der Waals surface area contributed by atoms with Crippen molar-refractivity contribution >= 4 is 21.8 Å². The molecule has 0 spiro atoms. The molecule has 0 radical (unpaired) electrons. The zero-order valence-corrected chi connectivity index (χ0v) is 13.6. The third-order valence-corrected chi connectivity index (χ3v) is 3.74. The van der Waals surface area contributed by atoms with Crippen LogP contribution in [0.4, 0.5) is 0 Å². The van der Waals surface area contributed by atoms with Gasteiger partial charge in [0.05, 0.1) is 4.47 Å². The molecule has 1 aromatic carbocycles. The quantitative estimate of drug-likeness (QED) is 0.850. The van der Waals surface area contributed by atoms with Crippen molar-refractivity contribution in [1.29, 1.82) is 0 Å². The van der Waals surface area contributed by atoms with Crippen LogP contribution in [-0.2, 0) is 6.61 Å². The maximum atomic E-state index is 11.9. The number of halogens is 1. The van der Waals surface area contributed by atoms with E-state index in [1.807, 2.05) is 38.1 Å². The van der Waals surface area contributed by atoms with Crippen molar-refractivity contribution in [1.82, 2.24) is 5.32 Å². The minimum atomic E-state index is -0.198. The van der Waals surface area contributed by atoms with Crippen molar-refractivity contribution in [3.8, 4) is 5.75 Å². The molecule has 21 heavy (non-hydrogen) atoms. The van der Waals surface area contributed by atoms with Crippen LogP contribution in [0.15, 0.2) is 45.3 Å². The smallest absolute Gasteiger partial charge is 0.287 e. The molecule has 112 valence electrons. The number of ether oxygens (including phenoxy) is 1. The van der Waals surface area contributed by atoms with Crippen LogP contribution in [0.5, 0.6) is 5.75 Å². The number of amides is 1. The molecule has 0 aliphatic heterocycles. The van der Waals surface area contributed by atoms with Crippen LogP contribution < -0.4 is 10.1 Å². The number of carbonyl (C=O) groups excluding carboxylic acids is 1. The lowest BCUT2D eigenvalue weighted by Crippen LogP contribution is -2.31. The third-order valence-electron chi connectivity index (χ3n) is 3.08. The summed E-state index contributed by atoms with van der Waals surface area (Å²) in [6.07, 6.45) is 0.879. The highest BCUT2D eigenvalue weighted by atomic mass is 79.9. The maximum absolute atomic E-state index is 11.9. The second-order valence-corrected chi connectivity index (χ2v) is 5.62. The highest BCUT2D eigenvalue weighted by Crippen LogP contribution is 2.24. The molecule has 1 atom stereocenters. The standard InChI is InChI=1S/C16H18BrNO3/c1-3-11(2)18-16(19)15-9-8-12(21-15)10-20-14-7-5-4-6-13(14)17/h4-9,11H,3,10H2,1-2H3,(H,18,19). The molecule has 0 aliphatic rings. The number of benzene rings is 1. The molecule has 4 nitrogen and oxygen atoms in total. The van der Waals surface area contributed by atoms with Gasteiger partial charge in [-0.15, -0.1) is 0 Å². The zero-order valence-electron chi connectivity index (χ0n) is 12.1. The predicted molar refractivity (Wildman–Crippen MR) is 84.4 cm³/mol. The van der Waals surface area contributed by atoms with E-state index < -0.39 is 0 Å². The first-order valence-electron chi connectivity index (χ1n) is 6.87. The number of hydrogen-bond acceptors (Lipinski definition) is 3. The van der Waals surface area contributed by atoms with Gasteiger partial charge in [0.15, 0.2) is 5.76 Å². The fraction of sp³-hybridized carbons (Fsp3) is 0.312. The van der Waals surface area contributed by atoms with E-state index in [2.05, 4.69) is 21.2 Å². The second-order valence-electron chi connectivity index (χ2n) is 4.77. The summed E-state index contributed by atoms with van der Waals surface area (Å²) in [6.45, 7) is 4.25. The lowest BCUT2D eigenvalue weighted by Gasteiger charge is -2.09. The van der Waals surface area contributed by atoms with Crippen LogP contribution in [0.1, 0.15) is 36.6 Å². The molecule has 0 fully saturated rings. The van der Waals surface area contributed by atoms with E-state index in [1.165, 1.54) is 0 Å². The van der Waals surface area contributed by atoms with Gasteiger partial charge in [-0.25, -0.2) is 0 Å². The summed E-state index contributed by atoms with van der Waals surface area (Å²) >= 11 is 3.41. The molecule has 5 heteroatoms. The lowest BCUT2D eigenvalue weighted by molar-refractivity contribution is 0.0907. The van der Waals surface area contributed by atoms with E-state index in [-0.39, 0.29) is 18.6 Å². The van der Waals surface area contributed by atoms with Gasteiger partial charge in [0.1, 0.15) is 18.1 Å². The largest absolute Gasteiger partial charge is 0.484 e. The van der Waals surface area contributed by atoms with Crippen molar-refractivity contribution in [3.05, 3.63) is 52.4 Å². The monoisotopic (exact) mass is 351 g/mol. The van der Waals surface area contributed by atoms with Crippen molar-refractivity contribution < 1.29 is 13.9 Å². The number of furan rings is 1. The van der Waals surface area contributed by atoms with Gasteiger partial charge in [0.25, 0.3) is 5.91 Å². The molecule has 1 amide bonds. The summed E-state index contributed by atoms with van der Waals surface area (Å²) < 4.78 is 12.0. The Morgan fingerprint density at radius 2 is 2.10 bits per heavy atom. The summed E-state index contributed by atoms with van der Waals surface area (Å²) in [4.78, 5) is 11.9. The molecular formula is C16H18BrNO3. The summed E-state index contributed by atoms with van der Waals surface area (Å²) in [5.41, 5.74) is 0.